The van der Waals surface area contributed by atoms with Crippen LogP contribution in [0.5, 0.6) is 5.75 Å². The topological polar surface area (TPSA) is 41.6 Å². The lowest BCUT2D eigenvalue weighted by Gasteiger charge is -2.17. The minimum atomic E-state index is 0.0500. The zero-order chi connectivity index (χ0) is 14.8. The molecule has 4 nitrogen and oxygen atoms in total. The van der Waals surface area contributed by atoms with Crippen LogP contribution in [0, 0.1) is 0 Å². The summed E-state index contributed by atoms with van der Waals surface area (Å²) in [5.41, 5.74) is 0.927. The van der Waals surface area contributed by atoms with Crippen molar-refractivity contribution < 1.29 is 9.53 Å². The first-order valence-corrected chi connectivity index (χ1v) is 7.32. The predicted molar refractivity (Wildman–Crippen MR) is 82.1 cm³/mol. The smallest absolute Gasteiger partial charge is 0.224 e. The van der Waals surface area contributed by atoms with Gasteiger partial charge in [0.15, 0.2) is 0 Å². The Morgan fingerprint density at radius 2 is 1.95 bits per heavy atom. The highest BCUT2D eigenvalue weighted by atomic mass is 16.5. The van der Waals surface area contributed by atoms with E-state index in [1.54, 1.807) is 7.11 Å². The zero-order valence-electron chi connectivity index (χ0n) is 12.8. The van der Waals surface area contributed by atoms with E-state index in [-0.39, 0.29) is 5.91 Å². The molecular formula is C16H26N2O2. The molecular weight excluding hydrogens is 252 g/mol. The van der Waals surface area contributed by atoms with Gasteiger partial charge < -0.3 is 15.0 Å². The van der Waals surface area contributed by atoms with Crippen LogP contribution in [0.15, 0.2) is 24.3 Å². The molecule has 1 N–H and O–H groups in total. The molecule has 0 aliphatic rings. The molecule has 0 bridgehead atoms. The molecule has 0 aliphatic heterocycles. The summed E-state index contributed by atoms with van der Waals surface area (Å²) in [6.45, 7) is 8.19. The van der Waals surface area contributed by atoms with E-state index in [0.29, 0.717) is 6.42 Å². The second-order valence-electron chi connectivity index (χ2n) is 4.72. The van der Waals surface area contributed by atoms with Gasteiger partial charge >= 0.3 is 0 Å². The third-order valence-corrected chi connectivity index (χ3v) is 3.41. The number of amides is 1. The van der Waals surface area contributed by atoms with E-state index < -0.39 is 0 Å². The molecule has 0 saturated heterocycles. The number of nitrogens with zero attached hydrogens (tertiary/aromatic N) is 1. The highest BCUT2D eigenvalue weighted by Crippen LogP contribution is 2.17. The molecule has 1 rings (SSSR count). The predicted octanol–water partition coefficient (Wildman–Crippen LogP) is 2.09. The Morgan fingerprint density at radius 3 is 2.60 bits per heavy atom. The molecule has 4 heteroatoms. The maximum absolute atomic E-state index is 11.9. The number of para-hydroxylation sites is 1. The summed E-state index contributed by atoms with van der Waals surface area (Å²) in [5, 5.41) is 2.96. The summed E-state index contributed by atoms with van der Waals surface area (Å²) in [6, 6.07) is 7.63. The van der Waals surface area contributed by atoms with Crippen molar-refractivity contribution in [3.63, 3.8) is 0 Å². The Bertz CT molecular complexity index is 403. The molecule has 0 aliphatic carbocycles. The monoisotopic (exact) mass is 278 g/mol. The largest absolute Gasteiger partial charge is 0.496 e. The lowest BCUT2D eigenvalue weighted by atomic mass is 10.1. The van der Waals surface area contributed by atoms with Crippen LogP contribution in [0.25, 0.3) is 0 Å². The van der Waals surface area contributed by atoms with Crippen LogP contribution < -0.4 is 10.1 Å². The van der Waals surface area contributed by atoms with Crippen molar-refractivity contribution in [3.8, 4) is 5.75 Å². The first kappa shape index (κ1) is 16.5. The van der Waals surface area contributed by atoms with Crippen LogP contribution in [-0.4, -0.2) is 44.1 Å². The highest BCUT2D eigenvalue weighted by Gasteiger charge is 2.07. The minimum absolute atomic E-state index is 0.0500. The van der Waals surface area contributed by atoms with E-state index in [1.165, 1.54) is 0 Å². The zero-order valence-corrected chi connectivity index (χ0v) is 12.8. The van der Waals surface area contributed by atoms with E-state index >= 15 is 0 Å². The van der Waals surface area contributed by atoms with Gasteiger partial charge in [-0.1, -0.05) is 32.0 Å². The number of carbonyl (C=O) groups excluding carboxylic acids is 1. The Hall–Kier alpha value is -1.55. The first-order valence-electron chi connectivity index (χ1n) is 7.32. The number of ether oxygens (including phenoxy) is 1. The van der Waals surface area contributed by atoms with Crippen molar-refractivity contribution in [2.45, 2.75) is 26.7 Å². The summed E-state index contributed by atoms with van der Waals surface area (Å²) < 4.78 is 5.25. The molecule has 0 spiro atoms. The van der Waals surface area contributed by atoms with Gasteiger partial charge in [-0.3, -0.25) is 4.79 Å². The van der Waals surface area contributed by atoms with Gasteiger partial charge in [-0.25, -0.2) is 0 Å². The van der Waals surface area contributed by atoms with Gasteiger partial charge in [-0.2, -0.15) is 0 Å². The average Bonchev–Trinajstić information content (AvgIpc) is 2.48. The lowest BCUT2D eigenvalue weighted by molar-refractivity contribution is -0.120. The first-order chi connectivity index (χ1) is 9.71. The second kappa shape index (κ2) is 9.37. The number of benzene rings is 1. The number of rotatable bonds is 9. The fourth-order valence-corrected chi connectivity index (χ4v) is 2.15. The summed E-state index contributed by atoms with van der Waals surface area (Å²) in [5.74, 6) is 0.819. The van der Waals surface area contributed by atoms with Crippen molar-refractivity contribution >= 4 is 5.91 Å². The SMILES string of the molecule is CCN(CC)CCCNC(=O)Cc1ccccc1OC. The molecule has 0 saturated carbocycles. The van der Waals surface area contributed by atoms with Gasteiger partial charge in [0.25, 0.3) is 0 Å². The standard InChI is InChI=1S/C16H26N2O2/c1-4-18(5-2)12-8-11-17-16(19)13-14-9-6-7-10-15(14)20-3/h6-7,9-10H,4-5,8,11-13H2,1-3H3,(H,17,19). The quantitative estimate of drug-likeness (QED) is 0.703. The summed E-state index contributed by atoms with van der Waals surface area (Å²) in [6.07, 6.45) is 1.36. The van der Waals surface area contributed by atoms with Gasteiger partial charge in [0.2, 0.25) is 5.91 Å². The Balaban J connectivity index is 2.30. The molecule has 20 heavy (non-hydrogen) atoms. The second-order valence-corrected chi connectivity index (χ2v) is 4.72. The van der Waals surface area contributed by atoms with E-state index in [0.717, 1.165) is 43.9 Å². The van der Waals surface area contributed by atoms with E-state index in [9.17, 15) is 4.79 Å². The van der Waals surface area contributed by atoms with Crippen molar-refractivity contribution in [2.24, 2.45) is 0 Å². The Morgan fingerprint density at radius 1 is 1.25 bits per heavy atom. The van der Waals surface area contributed by atoms with Gasteiger partial charge in [0.1, 0.15) is 5.75 Å². The fourth-order valence-electron chi connectivity index (χ4n) is 2.15. The molecule has 0 fully saturated rings. The lowest BCUT2D eigenvalue weighted by Crippen LogP contribution is -2.30. The van der Waals surface area contributed by atoms with E-state index in [1.807, 2.05) is 24.3 Å². The number of nitrogens with one attached hydrogen (secondary N) is 1. The number of hydrogen-bond donors (Lipinski definition) is 1. The number of hydrogen-bond acceptors (Lipinski definition) is 3. The highest BCUT2D eigenvalue weighted by molar-refractivity contribution is 5.79. The average molecular weight is 278 g/mol. The molecule has 0 unspecified atom stereocenters. The van der Waals surface area contributed by atoms with Crippen molar-refractivity contribution in [2.75, 3.05) is 33.3 Å². The van der Waals surface area contributed by atoms with Gasteiger partial charge in [0.05, 0.1) is 13.5 Å². The van der Waals surface area contributed by atoms with Crippen molar-refractivity contribution in [1.82, 2.24) is 10.2 Å². The molecule has 0 heterocycles. The maximum atomic E-state index is 11.9. The van der Waals surface area contributed by atoms with Gasteiger partial charge in [0, 0.05) is 12.1 Å². The minimum Gasteiger partial charge on any atom is -0.496 e. The molecule has 0 atom stereocenters. The van der Waals surface area contributed by atoms with Crippen LogP contribution in [0.3, 0.4) is 0 Å². The number of methoxy groups -OCH3 is 1. The maximum Gasteiger partial charge on any atom is 0.224 e. The van der Waals surface area contributed by atoms with Crippen LogP contribution in [0.1, 0.15) is 25.8 Å². The molecule has 0 radical (unpaired) electrons. The third kappa shape index (κ3) is 5.61. The van der Waals surface area contributed by atoms with Crippen LogP contribution in [0.4, 0.5) is 0 Å². The Labute approximate surface area is 122 Å². The summed E-state index contributed by atoms with van der Waals surface area (Å²) in [4.78, 5) is 14.2. The molecule has 112 valence electrons. The molecule has 1 aromatic rings. The number of carbonyl (C=O) groups is 1. The van der Waals surface area contributed by atoms with Crippen LogP contribution in [0.2, 0.25) is 0 Å². The molecule has 1 amide bonds. The van der Waals surface area contributed by atoms with Crippen LogP contribution in [-0.2, 0) is 11.2 Å². The summed E-state index contributed by atoms with van der Waals surface area (Å²) in [7, 11) is 1.63. The van der Waals surface area contributed by atoms with Gasteiger partial charge in [-0.15, -0.1) is 0 Å². The normalized spacial score (nSPS) is 10.6. The van der Waals surface area contributed by atoms with Gasteiger partial charge in [-0.05, 0) is 32.1 Å². The Kier molecular flexibility index (Phi) is 7.73. The van der Waals surface area contributed by atoms with E-state index in [2.05, 4.69) is 24.1 Å². The van der Waals surface area contributed by atoms with Crippen molar-refractivity contribution in [1.29, 1.82) is 0 Å². The van der Waals surface area contributed by atoms with E-state index in [4.69, 9.17) is 4.74 Å². The molecule has 1 aromatic carbocycles. The molecule has 0 aromatic heterocycles. The fraction of sp³-hybridized carbons (Fsp3) is 0.562. The van der Waals surface area contributed by atoms with Crippen LogP contribution >= 0.6 is 0 Å². The summed E-state index contributed by atoms with van der Waals surface area (Å²) >= 11 is 0. The third-order valence-electron chi connectivity index (χ3n) is 3.41. The van der Waals surface area contributed by atoms with Crippen molar-refractivity contribution in [3.05, 3.63) is 29.8 Å².